The predicted octanol–water partition coefficient (Wildman–Crippen LogP) is 5.01. The number of benzene rings is 2. The van der Waals surface area contributed by atoms with Gasteiger partial charge in [-0.2, -0.15) is 9.37 Å². The lowest BCUT2D eigenvalue weighted by atomic mass is 10.2. The van der Waals surface area contributed by atoms with E-state index in [4.69, 9.17) is 38.4 Å². The van der Waals surface area contributed by atoms with Crippen LogP contribution in [-0.2, 0) is 14.3 Å². The molecular weight excluding hydrogens is 472 g/mol. The molecule has 0 atom stereocenters. The van der Waals surface area contributed by atoms with Crippen LogP contribution in [0.15, 0.2) is 48.5 Å². The summed E-state index contributed by atoms with van der Waals surface area (Å²) in [5, 5.41) is 0.394. The van der Waals surface area contributed by atoms with Crippen molar-refractivity contribution in [1.29, 1.82) is 0 Å². The first-order chi connectivity index (χ1) is 15.7. The van der Waals surface area contributed by atoms with Crippen molar-refractivity contribution in [3.8, 4) is 5.88 Å². The number of ether oxygens (including phenoxy) is 2. The summed E-state index contributed by atoms with van der Waals surface area (Å²) in [6.07, 6.45) is 0. The molecule has 0 unspecified atom stereocenters. The van der Waals surface area contributed by atoms with E-state index in [1.54, 1.807) is 30.3 Å². The molecule has 0 saturated carbocycles. The van der Waals surface area contributed by atoms with Gasteiger partial charge in [-0.15, -0.1) is 0 Å². The van der Waals surface area contributed by atoms with Crippen LogP contribution in [0.2, 0.25) is 10.0 Å². The van der Waals surface area contributed by atoms with Crippen LogP contribution in [0.3, 0.4) is 0 Å². The Labute approximate surface area is 199 Å². The highest BCUT2D eigenvalue weighted by Gasteiger charge is 2.21. The zero-order valence-electron chi connectivity index (χ0n) is 17.8. The van der Waals surface area contributed by atoms with Crippen LogP contribution in [-0.4, -0.2) is 30.1 Å². The molecule has 2 N–H and O–H groups in total. The summed E-state index contributed by atoms with van der Waals surface area (Å²) in [5.41, 5.74) is 7.79. The number of rotatable bonds is 7. The molecule has 0 aliphatic heterocycles. The molecule has 10 heteroatoms. The van der Waals surface area contributed by atoms with Crippen molar-refractivity contribution < 1.29 is 23.5 Å². The number of anilines is 3. The van der Waals surface area contributed by atoms with Crippen molar-refractivity contribution in [2.75, 3.05) is 23.8 Å². The number of nitrogens with two attached hydrogens (primary N) is 1. The molecule has 7 nitrogen and oxygen atoms in total. The zero-order chi connectivity index (χ0) is 24.1. The van der Waals surface area contributed by atoms with Gasteiger partial charge in [0, 0.05) is 22.0 Å². The summed E-state index contributed by atoms with van der Waals surface area (Å²) in [6, 6.07) is 13.9. The third-order valence-electron chi connectivity index (χ3n) is 4.61. The van der Waals surface area contributed by atoms with Crippen molar-refractivity contribution >= 4 is 52.1 Å². The average Bonchev–Trinajstić information content (AvgIpc) is 2.79. The highest BCUT2D eigenvalue weighted by molar-refractivity contribution is 6.34. The number of hydrogen-bond donors (Lipinski definition) is 1. The highest BCUT2D eigenvalue weighted by atomic mass is 35.5. The van der Waals surface area contributed by atoms with Crippen molar-refractivity contribution in [3.63, 3.8) is 0 Å². The molecular formula is C23H20Cl2FN3O4. The van der Waals surface area contributed by atoms with Gasteiger partial charge in [0.15, 0.2) is 13.2 Å². The third kappa shape index (κ3) is 5.91. The van der Waals surface area contributed by atoms with E-state index < -0.39 is 31.0 Å². The Morgan fingerprint density at radius 3 is 2.42 bits per heavy atom. The van der Waals surface area contributed by atoms with Gasteiger partial charge in [0.05, 0.1) is 5.69 Å². The number of nitrogens with zero attached hydrogens (tertiary/aromatic N) is 2. The standard InChI is InChI=1S/C23H20Cl2FN3O4/c1-13-4-3-5-17(10-13)29(16-8-6-15(24)7-9-16)18(30)11-32-19(31)12-33-23-20(25)21(27)14(2)22(26)28-23/h3-10H,11-12H2,1-2H3,(H2,27,28). The van der Waals surface area contributed by atoms with E-state index >= 15 is 0 Å². The Balaban J connectivity index is 1.69. The van der Waals surface area contributed by atoms with E-state index in [0.29, 0.717) is 16.4 Å². The normalized spacial score (nSPS) is 10.6. The van der Waals surface area contributed by atoms with Crippen LogP contribution in [0, 0.1) is 19.8 Å². The third-order valence-corrected chi connectivity index (χ3v) is 5.23. The first-order valence-corrected chi connectivity index (χ1v) is 10.5. The van der Waals surface area contributed by atoms with Gasteiger partial charge >= 0.3 is 5.97 Å². The first-order valence-electron chi connectivity index (χ1n) is 9.72. The van der Waals surface area contributed by atoms with Crippen molar-refractivity contribution in [3.05, 3.63) is 75.7 Å². The number of nitrogen functional groups attached to an aromatic ring is 1. The Hall–Kier alpha value is -3.36. The van der Waals surface area contributed by atoms with E-state index in [0.717, 1.165) is 5.56 Å². The molecule has 0 aliphatic carbocycles. The molecule has 1 heterocycles. The van der Waals surface area contributed by atoms with Gasteiger partial charge in [0.25, 0.3) is 5.91 Å². The molecule has 3 rings (SSSR count). The lowest BCUT2D eigenvalue weighted by Crippen LogP contribution is -2.31. The van der Waals surface area contributed by atoms with Gasteiger partial charge < -0.3 is 15.2 Å². The Morgan fingerprint density at radius 1 is 1.06 bits per heavy atom. The van der Waals surface area contributed by atoms with Crippen LogP contribution < -0.4 is 15.4 Å². The lowest BCUT2D eigenvalue weighted by molar-refractivity contribution is -0.149. The van der Waals surface area contributed by atoms with Crippen molar-refractivity contribution in [2.45, 2.75) is 13.8 Å². The molecule has 0 aliphatic rings. The van der Waals surface area contributed by atoms with Gasteiger partial charge in [-0.05, 0) is 55.8 Å². The second-order valence-corrected chi connectivity index (χ2v) is 7.87. The summed E-state index contributed by atoms with van der Waals surface area (Å²) in [6.45, 7) is 2.09. The van der Waals surface area contributed by atoms with Crippen LogP contribution in [0.25, 0.3) is 0 Å². The van der Waals surface area contributed by atoms with E-state index in [1.807, 2.05) is 25.1 Å². The van der Waals surface area contributed by atoms with E-state index in [1.165, 1.54) is 11.8 Å². The van der Waals surface area contributed by atoms with Crippen LogP contribution in [0.1, 0.15) is 11.1 Å². The molecule has 0 fully saturated rings. The lowest BCUT2D eigenvalue weighted by Gasteiger charge is -2.23. The van der Waals surface area contributed by atoms with Crippen LogP contribution >= 0.6 is 23.2 Å². The van der Waals surface area contributed by atoms with Crippen LogP contribution in [0.4, 0.5) is 21.5 Å². The molecule has 0 bridgehead atoms. The second-order valence-electron chi connectivity index (χ2n) is 7.05. The van der Waals surface area contributed by atoms with Gasteiger partial charge in [-0.3, -0.25) is 9.69 Å². The Morgan fingerprint density at radius 2 is 1.76 bits per heavy atom. The molecule has 1 amide bonds. The highest BCUT2D eigenvalue weighted by Crippen LogP contribution is 2.32. The topological polar surface area (TPSA) is 94.8 Å². The molecule has 0 radical (unpaired) electrons. The largest absolute Gasteiger partial charge is 0.464 e. The number of hydrogen-bond acceptors (Lipinski definition) is 6. The molecule has 172 valence electrons. The molecule has 2 aromatic carbocycles. The zero-order valence-corrected chi connectivity index (χ0v) is 19.3. The summed E-state index contributed by atoms with van der Waals surface area (Å²) < 4.78 is 23.9. The number of carbonyl (C=O) groups excluding carboxylic acids is 2. The minimum Gasteiger partial charge on any atom is -0.464 e. The van der Waals surface area contributed by atoms with Crippen LogP contribution in [0.5, 0.6) is 5.88 Å². The maximum Gasteiger partial charge on any atom is 0.344 e. The number of carbonyl (C=O) groups is 2. The molecule has 0 spiro atoms. The summed E-state index contributed by atoms with van der Waals surface area (Å²) in [4.78, 5) is 30.0. The predicted molar refractivity (Wildman–Crippen MR) is 125 cm³/mol. The molecule has 3 aromatic rings. The summed E-state index contributed by atoms with van der Waals surface area (Å²) >= 11 is 11.9. The van der Waals surface area contributed by atoms with E-state index in [2.05, 4.69) is 4.98 Å². The smallest absolute Gasteiger partial charge is 0.344 e. The number of amides is 1. The fourth-order valence-corrected chi connectivity index (χ4v) is 3.24. The summed E-state index contributed by atoms with van der Waals surface area (Å²) in [5.74, 6) is -2.59. The summed E-state index contributed by atoms with van der Waals surface area (Å²) in [7, 11) is 0. The number of aryl methyl sites for hydroxylation is 1. The fourth-order valence-electron chi connectivity index (χ4n) is 2.88. The van der Waals surface area contributed by atoms with Gasteiger partial charge in [0.1, 0.15) is 5.02 Å². The minimum atomic E-state index is -0.874. The first kappa shape index (κ1) is 24.3. The van der Waals surface area contributed by atoms with Crippen molar-refractivity contribution in [2.24, 2.45) is 0 Å². The Bertz CT molecular complexity index is 1190. The van der Waals surface area contributed by atoms with Gasteiger partial charge in [-0.25, -0.2) is 4.79 Å². The minimum absolute atomic E-state index is 0.0422. The molecule has 1 aromatic heterocycles. The quantitative estimate of drug-likeness (QED) is 0.368. The number of halogens is 3. The van der Waals surface area contributed by atoms with Gasteiger partial charge in [-0.1, -0.05) is 35.3 Å². The molecule has 33 heavy (non-hydrogen) atoms. The van der Waals surface area contributed by atoms with E-state index in [9.17, 15) is 14.0 Å². The van der Waals surface area contributed by atoms with E-state index in [-0.39, 0.29) is 22.2 Å². The van der Waals surface area contributed by atoms with Crippen molar-refractivity contribution in [1.82, 2.24) is 4.98 Å². The maximum absolute atomic E-state index is 13.8. The number of pyridine rings is 1. The number of esters is 1. The second kappa shape index (κ2) is 10.5. The van der Waals surface area contributed by atoms with Gasteiger partial charge in [0.2, 0.25) is 11.8 Å². The monoisotopic (exact) mass is 491 g/mol. The Kier molecular flexibility index (Phi) is 7.73. The fraction of sp³-hybridized carbons (Fsp3) is 0.174. The average molecular weight is 492 g/mol. The molecule has 0 saturated heterocycles. The maximum atomic E-state index is 13.8. The number of aromatic nitrogens is 1. The SMILES string of the molecule is Cc1cccc(N(C(=O)COC(=O)COc2nc(F)c(C)c(N)c2Cl)c2ccc(Cl)cc2)c1.